The van der Waals surface area contributed by atoms with Crippen LogP contribution in [0.1, 0.15) is 27.0 Å². The highest BCUT2D eigenvalue weighted by atomic mass is 16.6. The summed E-state index contributed by atoms with van der Waals surface area (Å²) in [7, 11) is 0. The molecule has 8 heteroatoms. The van der Waals surface area contributed by atoms with Gasteiger partial charge in [-0.1, -0.05) is 48.0 Å². The summed E-state index contributed by atoms with van der Waals surface area (Å²) >= 11 is 0. The number of esters is 1. The number of nitro benzene ring substituents is 1. The molecule has 0 heterocycles. The van der Waals surface area contributed by atoms with Crippen LogP contribution in [0, 0.1) is 17.0 Å². The van der Waals surface area contributed by atoms with Crippen LogP contribution in [0.5, 0.6) is 5.75 Å². The number of amides is 1. The zero-order valence-corrected chi connectivity index (χ0v) is 16.6. The van der Waals surface area contributed by atoms with Gasteiger partial charge >= 0.3 is 5.97 Å². The highest BCUT2D eigenvalue weighted by Gasteiger charge is 2.13. The zero-order valence-electron chi connectivity index (χ0n) is 16.6. The summed E-state index contributed by atoms with van der Waals surface area (Å²) in [5.74, 6) is -0.732. The Balaban J connectivity index is 1.58. The van der Waals surface area contributed by atoms with Gasteiger partial charge in [-0.2, -0.15) is 5.10 Å². The van der Waals surface area contributed by atoms with E-state index in [0.29, 0.717) is 5.56 Å². The predicted molar refractivity (Wildman–Crippen MR) is 115 cm³/mol. The molecule has 3 aromatic rings. The number of nitrogens with one attached hydrogen (secondary N) is 1. The average Bonchev–Trinajstić information content (AvgIpc) is 2.76. The Morgan fingerprint density at radius 2 is 1.81 bits per heavy atom. The number of benzene rings is 3. The van der Waals surface area contributed by atoms with Crippen LogP contribution in [-0.4, -0.2) is 23.0 Å². The number of non-ortho nitro benzene ring substituents is 1. The molecule has 0 unspecified atom stereocenters. The molecule has 0 radical (unpaired) electrons. The number of ether oxygens (including phenoxy) is 1. The van der Waals surface area contributed by atoms with Crippen molar-refractivity contribution < 1.29 is 19.2 Å². The molecule has 0 bridgehead atoms. The second-order valence-corrected chi connectivity index (χ2v) is 6.73. The Kier molecular flexibility index (Phi) is 6.85. The first kappa shape index (κ1) is 21.4. The highest BCUT2D eigenvalue weighted by Crippen LogP contribution is 2.17. The molecule has 31 heavy (non-hydrogen) atoms. The van der Waals surface area contributed by atoms with Crippen LogP contribution in [0.25, 0.3) is 0 Å². The summed E-state index contributed by atoms with van der Waals surface area (Å²) in [5, 5.41) is 14.8. The fourth-order valence-electron chi connectivity index (χ4n) is 2.68. The number of nitro groups is 1. The molecule has 8 nitrogen and oxygen atoms in total. The number of carbonyl (C=O) groups is 2. The third-order valence-corrected chi connectivity index (χ3v) is 4.25. The molecule has 0 fully saturated rings. The second kappa shape index (κ2) is 9.93. The summed E-state index contributed by atoms with van der Waals surface area (Å²) in [6, 6.07) is 19.5. The Morgan fingerprint density at radius 1 is 1.06 bits per heavy atom. The van der Waals surface area contributed by atoms with E-state index in [1.54, 1.807) is 24.3 Å². The Hall–Kier alpha value is -4.33. The molecular weight excluding hydrogens is 398 g/mol. The van der Waals surface area contributed by atoms with Crippen LogP contribution in [0.15, 0.2) is 77.9 Å². The van der Waals surface area contributed by atoms with E-state index in [2.05, 4.69) is 10.5 Å². The van der Waals surface area contributed by atoms with Crippen molar-refractivity contribution in [2.24, 2.45) is 5.10 Å². The van der Waals surface area contributed by atoms with Crippen molar-refractivity contribution >= 4 is 23.8 Å². The fraction of sp³-hybridized carbons (Fsp3) is 0.0870. The lowest BCUT2D eigenvalue weighted by atomic mass is 10.1. The molecule has 0 saturated carbocycles. The molecule has 0 spiro atoms. The number of nitrogens with zero attached hydrogens (tertiary/aromatic N) is 2. The van der Waals surface area contributed by atoms with Crippen LogP contribution in [0.4, 0.5) is 5.69 Å². The van der Waals surface area contributed by atoms with Crippen LogP contribution in [-0.2, 0) is 11.2 Å². The third-order valence-electron chi connectivity index (χ3n) is 4.25. The average molecular weight is 417 g/mol. The molecular formula is C23H19N3O5. The normalized spacial score (nSPS) is 10.6. The summed E-state index contributed by atoms with van der Waals surface area (Å²) in [6.07, 6.45) is 1.64. The van der Waals surface area contributed by atoms with E-state index in [1.807, 2.05) is 31.2 Å². The number of hydrogen-bond donors (Lipinski definition) is 1. The lowest BCUT2D eigenvalue weighted by Gasteiger charge is -2.05. The van der Waals surface area contributed by atoms with Crippen LogP contribution >= 0.6 is 0 Å². The van der Waals surface area contributed by atoms with Gasteiger partial charge in [0.05, 0.1) is 23.1 Å². The fourth-order valence-corrected chi connectivity index (χ4v) is 2.68. The minimum atomic E-state index is -0.718. The largest absolute Gasteiger partial charge is 0.423 e. The first-order valence-corrected chi connectivity index (χ1v) is 9.35. The van der Waals surface area contributed by atoms with E-state index >= 15 is 0 Å². The minimum Gasteiger partial charge on any atom is -0.423 e. The van der Waals surface area contributed by atoms with E-state index in [-0.39, 0.29) is 29.3 Å². The van der Waals surface area contributed by atoms with Crippen LogP contribution in [0.2, 0.25) is 0 Å². The molecule has 3 aromatic carbocycles. The van der Waals surface area contributed by atoms with Gasteiger partial charge in [0.1, 0.15) is 5.75 Å². The summed E-state index contributed by atoms with van der Waals surface area (Å²) in [5.41, 5.74) is 4.92. The maximum atomic E-state index is 12.3. The number of rotatable bonds is 7. The standard InChI is InChI=1S/C23H19N3O5/c1-16-8-10-17(11-9-16)13-22(27)25-24-15-18-4-2-7-21(12-18)31-23(28)19-5-3-6-20(14-19)26(29)30/h2-12,14-15H,13H2,1H3,(H,25,27)/b24-15+. The first-order valence-electron chi connectivity index (χ1n) is 9.35. The number of hydrogen-bond acceptors (Lipinski definition) is 6. The molecule has 0 atom stereocenters. The second-order valence-electron chi connectivity index (χ2n) is 6.73. The summed E-state index contributed by atoms with van der Waals surface area (Å²) in [4.78, 5) is 34.5. The monoisotopic (exact) mass is 417 g/mol. The van der Waals surface area contributed by atoms with Gasteiger partial charge in [-0.15, -0.1) is 0 Å². The van der Waals surface area contributed by atoms with Crippen molar-refractivity contribution in [2.45, 2.75) is 13.3 Å². The predicted octanol–water partition coefficient (Wildman–Crippen LogP) is 3.82. The highest BCUT2D eigenvalue weighted by molar-refractivity contribution is 5.92. The van der Waals surface area contributed by atoms with Crippen molar-refractivity contribution in [1.29, 1.82) is 0 Å². The van der Waals surface area contributed by atoms with Crippen molar-refractivity contribution in [1.82, 2.24) is 5.43 Å². The van der Waals surface area contributed by atoms with E-state index in [4.69, 9.17) is 4.74 Å². The number of carbonyl (C=O) groups excluding carboxylic acids is 2. The van der Waals surface area contributed by atoms with Gasteiger partial charge in [-0.05, 0) is 36.2 Å². The number of aryl methyl sites for hydroxylation is 1. The molecule has 0 aliphatic carbocycles. The first-order chi connectivity index (χ1) is 14.9. The van der Waals surface area contributed by atoms with E-state index in [0.717, 1.165) is 17.2 Å². The molecule has 1 amide bonds. The Morgan fingerprint density at radius 3 is 2.55 bits per heavy atom. The van der Waals surface area contributed by atoms with Gasteiger partial charge in [0.15, 0.2) is 0 Å². The van der Waals surface area contributed by atoms with E-state index in [9.17, 15) is 19.7 Å². The summed E-state index contributed by atoms with van der Waals surface area (Å²) < 4.78 is 5.28. The summed E-state index contributed by atoms with van der Waals surface area (Å²) in [6.45, 7) is 1.98. The third kappa shape index (κ3) is 6.33. The minimum absolute atomic E-state index is 0.0663. The molecule has 0 aliphatic heterocycles. The van der Waals surface area contributed by atoms with Gasteiger partial charge in [-0.25, -0.2) is 10.2 Å². The Bertz CT molecular complexity index is 1140. The molecule has 0 saturated heterocycles. The molecule has 1 N–H and O–H groups in total. The van der Waals surface area contributed by atoms with Gasteiger partial charge in [0, 0.05) is 12.1 Å². The molecule has 0 aromatic heterocycles. The lowest BCUT2D eigenvalue weighted by Crippen LogP contribution is -2.19. The van der Waals surface area contributed by atoms with E-state index in [1.165, 1.54) is 24.4 Å². The quantitative estimate of drug-likeness (QED) is 0.207. The van der Waals surface area contributed by atoms with Gasteiger partial charge in [0.25, 0.3) is 5.69 Å². The van der Waals surface area contributed by atoms with Gasteiger partial charge in [-0.3, -0.25) is 14.9 Å². The topological polar surface area (TPSA) is 111 Å². The molecule has 3 rings (SSSR count). The van der Waals surface area contributed by atoms with Gasteiger partial charge in [0.2, 0.25) is 5.91 Å². The van der Waals surface area contributed by atoms with Crippen molar-refractivity contribution in [3.63, 3.8) is 0 Å². The van der Waals surface area contributed by atoms with Gasteiger partial charge < -0.3 is 4.74 Å². The number of hydrazone groups is 1. The van der Waals surface area contributed by atoms with Crippen LogP contribution < -0.4 is 10.2 Å². The van der Waals surface area contributed by atoms with Crippen molar-refractivity contribution in [2.75, 3.05) is 0 Å². The Labute approximate surface area is 178 Å². The molecule has 0 aliphatic rings. The van der Waals surface area contributed by atoms with Crippen LogP contribution in [0.3, 0.4) is 0 Å². The zero-order chi connectivity index (χ0) is 22.2. The van der Waals surface area contributed by atoms with E-state index < -0.39 is 10.9 Å². The maximum absolute atomic E-state index is 12.3. The molecule has 156 valence electrons. The SMILES string of the molecule is Cc1ccc(CC(=O)N/N=C/c2cccc(OC(=O)c3cccc([N+](=O)[O-])c3)c2)cc1. The maximum Gasteiger partial charge on any atom is 0.343 e. The van der Waals surface area contributed by atoms with Crippen molar-refractivity contribution in [3.8, 4) is 5.75 Å². The van der Waals surface area contributed by atoms with Crippen molar-refractivity contribution in [3.05, 3.63) is 105 Å². The lowest BCUT2D eigenvalue weighted by molar-refractivity contribution is -0.384. The smallest absolute Gasteiger partial charge is 0.343 e.